The van der Waals surface area contributed by atoms with Gasteiger partial charge in [0.05, 0.1) is 36.4 Å². The first-order chi connectivity index (χ1) is 13.2. The van der Waals surface area contributed by atoms with E-state index in [4.69, 9.17) is 25.8 Å². The van der Waals surface area contributed by atoms with Crippen molar-refractivity contribution in [1.29, 1.82) is 0 Å². The number of halogens is 2. The molecule has 0 spiro atoms. The molecule has 0 aromatic heterocycles. The molecule has 0 amide bonds. The predicted octanol–water partition coefficient (Wildman–Crippen LogP) is 3.25. The lowest BCUT2D eigenvalue weighted by atomic mass is 10.2. The molecule has 0 bridgehead atoms. The van der Waals surface area contributed by atoms with E-state index in [2.05, 4.69) is 0 Å². The highest BCUT2D eigenvalue weighted by atomic mass is 35.5. The van der Waals surface area contributed by atoms with Crippen LogP contribution >= 0.6 is 11.6 Å². The van der Waals surface area contributed by atoms with Gasteiger partial charge >= 0.3 is 5.97 Å². The van der Waals surface area contributed by atoms with Gasteiger partial charge in [0.15, 0.2) is 0 Å². The fourth-order valence-corrected chi connectivity index (χ4v) is 4.04. The largest absolute Gasteiger partial charge is 0.495 e. The molecule has 0 saturated carbocycles. The van der Waals surface area contributed by atoms with Crippen LogP contribution in [0.15, 0.2) is 41.3 Å². The molecule has 28 heavy (non-hydrogen) atoms. The summed E-state index contributed by atoms with van der Waals surface area (Å²) in [6, 6.07) is 6.92. The summed E-state index contributed by atoms with van der Waals surface area (Å²) < 4.78 is 55.7. The molecule has 2 aromatic rings. The number of rotatable bonds is 8. The van der Waals surface area contributed by atoms with Crippen LogP contribution in [0, 0.1) is 5.82 Å². The van der Waals surface area contributed by atoms with Gasteiger partial charge in [-0.25, -0.2) is 12.8 Å². The van der Waals surface area contributed by atoms with Gasteiger partial charge in [0.1, 0.15) is 23.9 Å². The number of esters is 1. The van der Waals surface area contributed by atoms with Crippen molar-refractivity contribution in [3.63, 3.8) is 0 Å². The van der Waals surface area contributed by atoms with Gasteiger partial charge in [0.25, 0.3) is 10.0 Å². The first kappa shape index (κ1) is 21.8. The molecule has 2 rings (SSSR count). The van der Waals surface area contributed by atoms with Crippen molar-refractivity contribution in [2.24, 2.45) is 0 Å². The fourth-order valence-electron chi connectivity index (χ4n) is 2.40. The summed E-state index contributed by atoms with van der Waals surface area (Å²) in [4.78, 5) is 11.9. The summed E-state index contributed by atoms with van der Waals surface area (Å²) >= 11 is 6.08. The zero-order valence-electron chi connectivity index (χ0n) is 15.4. The zero-order chi connectivity index (χ0) is 20.9. The van der Waals surface area contributed by atoms with E-state index < -0.39 is 28.4 Å². The van der Waals surface area contributed by atoms with Gasteiger partial charge in [-0.05, 0) is 31.2 Å². The maximum Gasteiger partial charge on any atom is 0.326 e. The van der Waals surface area contributed by atoms with E-state index >= 15 is 0 Å². The average Bonchev–Trinajstić information content (AvgIpc) is 2.66. The van der Waals surface area contributed by atoms with Gasteiger partial charge in [-0.1, -0.05) is 11.6 Å². The van der Waals surface area contributed by atoms with E-state index in [1.807, 2.05) is 0 Å². The van der Waals surface area contributed by atoms with Crippen LogP contribution < -0.4 is 13.8 Å². The highest BCUT2D eigenvalue weighted by Gasteiger charge is 2.31. The van der Waals surface area contributed by atoms with Crippen LogP contribution in [0.1, 0.15) is 6.92 Å². The van der Waals surface area contributed by atoms with Gasteiger partial charge in [0.2, 0.25) is 0 Å². The molecule has 0 N–H and O–H groups in total. The number of benzene rings is 2. The molecule has 7 nitrogen and oxygen atoms in total. The molecule has 0 aliphatic carbocycles. The van der Waals surface area contributed by atoms with E-state index in [-0.39, 0.29) is 33.7 Å². The average molecular weight is 432 g/mol. The number of hydrogen-bond donors (Lipinski definition) is 0. The van der Waals surface area contributed by atoms with Crippen LogP contribution in [-0.2, 0) is 19.6 Å². The fraction of sp³-hybridized carbons (Fsp3) is 0.278. The molecule has 0 aliphatic rings. The first-order valence-corrected chi connectivity index (χ1v) is 9.91. The van der Waals surface area contributed by atoms with Crippen molar-refractivity contribution in [3.05, 3.63) is 47.2 Å². The summed E-state index contributed by atoms with van der Waals surface area (Å²) in [6.45, 7) is 1.04. The number of ether oxygens (including phenoxy) is 3. The molecule has 0 heterocycles. The van der Waals surface area contributed by atoms with Crippen LogP contribution in [0.3, 0.4) is 0 Å². The monoisotopic (exact) mass is 431 g/mol. The third-order valence-corrected chi connectivity index (χ3v) is 5.77. The lowest BCUT2D eigenvalue weighted by molar-refractivity contribution is -0.141. The van der Waals surface area contributed by atoms with Crippen molar-refractivity contribution in [3.8, 4) is 11.5 Å². The molecule has 0 aliphatic heterocycles. The highest BCUT2D eigenvalue weighted by molar-refractivity contribution is 7.92. The lowest BCUT2D eigenvalue weighted by Gasteiger charge is -2.26. The second kappa shape index (κ2) is 9.11. The number of hydrogen-bond acceptors (Lipinski definition) is 6. The molecule has 0 saturated heterocycles. The zero-order valence-corrected chi connectivity index (χ0v) is 17.0. The standard InChI is InChI=1S/C18H19ClFNO6S/c1-4-27-18(22)11-21(28(23,24)13-7-5-12(20)6-8-13)15-10-16(25-2)14(19)9-17(15)26-3/h5-10H,4,11H2,1-3H3. The summed E-state index contributed by atoms with van der Waals surface area (Å²) in [7, 11) is -1.58. The maximum atomic E-state index is 13.2. The second-order valence-electron chi connectivity index (χ2n) is 5.43. The van der Waals surface area contributed by atoms with E-state index in [9.17, 15) is 17.6 Å². The molecule has 0 radical (unpaired) electrons. The molecule has 10 heteroatoms. The summed E-state index contributed by atoms with van der Waals surface area (Å²) in [5.41, 5.74) is 0.0149. The Morgan fingerprint density at radius 2 is 1.71 bits per heavy atom. The highest BCUT2D eigenvalue weighted by Crippen LogP contribution is 2.40. The Morgan fingerprint density at radius 3 is 2.25 bits per heavy atom. The van der Waals surface area contributed by atoms with Crippen molar-refractivity contribution in [2.75, 3.05) is 31.7 Å². The van der Waals surface area contributed by atoms with Gasteiger partial charge in [-0.3, -0.25) is 9.10 Å². The van der Waals surface area contributed by atoms with Gasteiger partial charge < -0.3 is 14.2 Å². The Balaban J connectivity index is 2.66. The summed E-state index contributed by atoms with van der Waals surface area (Å²) in [6.07, 6.45) is 0. The quantitative estimate of drug-likeness (QED) is 0.597. The predicted molar refractivity (Wildman–Crippen MR) is 102 cm³/mol. The van der Waals surface area contributed by atoms with Crippen molar-refractivity contribution < 1.29 is 31.8 Å². The maximum absolute atomic E-state index is 13.2. The third kappa shape index (κ3) is 4.66. The van der Waals surface area contributed by atoms with E-state index in [0.717, 1.165) is 28.6 Å². The summed E-state index contributed by atoms with van der Waals surface area (Å²) in [5, 5.41) is 0.193. The normalized spacial score (nSPS) is 11.0. The topological polar surface area (TPSA) is 82.1 Å². The number of anilines is 1. The third-order valence-electron chi connectivity index (χ3n) is 3.70. The number of sulfonamides is 1. The van der Waals surface area contributed by atoms with Gasteiger partial charge in [-0.15, -0.1) is 0 Å². The van der Waals surface area contributed by atoms with E-state index in [0.29, 0.717) is 0 Å². The number of carbonyl (C=O) groups is 1. The van der Waals surface area contributed by atoms with Crippen LogP contribution in [-0.4, -0.2) is 41.8 Å². The molecule has 0 unspecified atom stereocenters. The molecular weight excluding hydrogens is 413 g/mol. The lowest BCUT2D eigenvalue weighted by Crippen LogP contribution is -2.37. The van der Waals surface area contributed by atoms with Crippen LogP contribution in [0.4, 0.5) is 10.1 Å². The molecule has 152 valence electrons. The number of nitrogens with zero attached hydrogens (tertiary/aromatic N) is 1. The van der Waals surface area contributed by atoms with Gasteiger partial charge in [-0.2, -0.15) is 0 Å². The second-order valence-corrected chi connectivity index (χ2v) is 7.70. The van der Waals surface area contributed by atoms with Crippen molar-refractivity contribution in [1.82, 2.24) is 0 Å². The van der Waals surface area contributed by atoms with Crippen molar-refractivity contribution in [2.45, 2.75) is 11.8 Å². The van der Waals surface area contributed by atoms with E-state index in [1.54, 1.807) is 6.92 Å². The minimum absolute atomic E-state index is 0.0149. The Morgan fingerprint density at radius 1 is 1.11 bits per heavy atom. The molecular formula is C18H19ClFNO6S. The van der Waals surface area contributed by atoms with Crippen LogP contribution in [0.25, 0.3) is 0 Å². The first-order valence-electron chi connectivity index (χ1n) is 8.10. The number of methoxy groups -OCH3 is 2. The van der Waals surface area contributed by atoms with Crippen LogP contribution in [0.5, 0.6) is 11.5 Å². The Labute approximate surface area is 167 Å². The summed E-state index contributed by atoms with van der Waals surface area (Å²) in [5.74, 6) is -1.09. The number of carbonyl (C=O) groups excluding carboxylic acids is 1. The minimum Gasteiger partial charge on any atom is -0.495 e. The Kier molecular flexibility index (Phi) is 7.09. The van der Waals surface area contributed by atoms with Crippen molar-refractivity contribution >= 4 is 33.3 Å². The van der Waals surface area contributed by atoms with E-state index in [1.165, 1.54) is 26.4 Å². The van der Waals surface area contributed by atoms with Gasteiger partial charge in [0, 0.05) is 12.1 Å². The smallest absolute Gasteiger partial charge is 0.326 e. The van der Waals surface area contributed by atoms with Crippen LogP contribution in [0.2, 0.25) is 5.02 Å². The molecule has 2 aromatic carbocycles. The SMILES string of the molecule is CCOC(=O)CN(c1cc(OC)c(Cl)cc1OC)S(=O)(=O)c1ccc(F)cc1. The Bertz CT molecular complexity index is 949. The molecule has 0 atom stereocenters. The molecule has 0 fully saturated rings. The minimum atomic E-state index is -4.27. The Hall–Kier alpha value is -2.52.